The van der Waals surface area contributed by atoms with Gasteiger partial charge >= 0.3 is 11.9 Å². The molecule has 0 radical (unpaired) electrons. The highest BCUT2D eigenvalue weighted by Crippen LogP contribution is 2.18. The van der Waals surface area contributed by atoms with E-state index in [1.165, 1.54) is 7.11 Å². The van der Waals surface area contributed by atoms with E-state index in [-0.39, 0.29) is 24.4 Å². The number of methoxy groups -OCH3 is 1. The van der Waals surface area contributed by atoms with E-state index in [1.54, 1.807) is 0 Å². The fourth-order valence-corrected chi connectivity index (χ4v) is 2.11. The maximum atomic E-state index is 11.7. The smallest absolute Gasteiger partial charge is 0.320 e. The quantitative estimate of drug-likeness (QED) is 0.711. The average molecular weight is 257 g/mol. The van der Waals surface area contributed by atoms with Crippen molar-refractivity contribution in [2.24, 2.45) is 5.92 Å². The molecule has 0 bridgehead atoms. The van der Waals surface area contributed by atoms with Crippen LogP contribution in [0, 0.1) is 5.92 Å². The molecule has 0 aromatic carbocycles. The van der Waals surface area contributed by atoms with E-state index < -0.39 is 5.60 Å². The van der Waals surface area contributed by atoms with Gasteiger partial charge in [-0.1, -0.05) is 0 Å². The first-order valence-electron chi connectivity index (χ1n) is 6.34. The van der Waals surface area contributed by atoms with Gasteiger partial charge in [-0.2, -0.15) is 0 Å². The van der Waals surface area contributed by atoms with Gasteiger partial charge in [0.15, 0.2) is 0 Å². The summed E-state index contributed by atoms with van der Waals surface area (Å²) in [7, 11) is 1.40. The van der Waals surface area contributed by atoms with Gasteiger partial charge in [-0.3, -0.25) is 14.5 Å². The Labute approximate surface area is 108 Å². The second kappa shape index (κ2) is 6.18. The van der Waals surface area contributed by atoms with Gasteiger partial charge in [-0.05, 0) is 40.2 Å². The zero-order valence-corrected chi connectivity index (χ0v) is 11.7. The van der Waals surface area contributed by atoms with Crippen molar-refractivity contribution in [3.8, 4) is 0 Å². The summed E-state index contributed by atoms with van der Waals surface area (Å²) in [6, 6.07) is 0. The first kappa shape index (κ1) is 15.0. The first-order chi connectivity index (χ1) is 8.31. The number of piperidine rings is 1. The van der Waals surface area contributed by atoms with Crippen LogP contribution in [0.25, 0.3) is 0 Å². The highest BCUT2D eigenvalue weighted by molar-refractivity contribution is 5.74. The Morgan fingerprint density at radius 3 is 2.56 bits per heavy atom. The summed E-state index contributed by atoms with van der Waals surface area (Å²) in [5, 5.41) is 0. The molecule has 18 heavy (non-hydrogen) atoms. The van der Waals surface area contributed by atoms with Crippen LogP contribution in [0.15, 0.2) is 0 Å². The predicted molar refractivity (Wildman–Crippen MR) is 67.0 cm³/mol. The lowest BCUT2D eigenvalue weighted by molar-refractivity contribution is -0.158. The number of likely N-dealkylation sites (tertiary alicyclic amines) is 1. The van der Waals surface area contributed by atoms with Crippen molar-refractivity contribution in [3.63, 3.8) is 0 Å². The Balaban J connectivity index is 2.43. The average Bonchev–Trinajstić information content (AvgIpc) is 2.25. The molecule has 1 aliphatic rings. The summed E-state index contributed by atoms with van der Waals surface area (Å²) in [4.78, 5) is 25.1. The van der Waals surface area contributed by atoms with Crippen LogP contribution >= 0.6 is 0 Å². The highest BCUT2D eigenvalue weighted by atomic mass is 16.6. The number of carbonyl (C=O) groups excluding carboxylic acids is 2. The van der Waals surface area contributed by atoms with Gasteiger partial charge in [0.1, 0.15) is 5.60 Å². The van der Waals surface area contributed by atoms with Crippen molar-refractivity contribution in [1.82, 2.24) is 4.90 Å². The molecule has 1 rings (SSSR count). The molecule has 1 saturated heterocycles. The van der Waals surface area contributed by atoms with Crippen molar-refractivity contribution in [2.45, 2.75) is 39.2 Å². The Kier molecular flexibility index (Phi) is 5.14. The fourth-order valence-electron chi connectivity index (χ4n) is 2.11. The summed E-state index contributed by atoms with van der Waals surface area (Å²) in [6.07, 6.45) is 1.74. The van der Waals surface area contributed by atoms with Crippen molar-refractivity contribution < 1.29 is 19.1 Å². The Morgan fingerprint density at radius 1 is 1.33 bits per heavy atom. The third-order valence-corrected chi connectivity index (χ3v) is 2.81. The summed E-state index contributed by atoms with van der Waals surface area (Å²) in [5.74, 6) is -0.553. The van der Waals surface area contributed by atoms with Crippen LogP contribution in [-0.2, 0) is 19.1 Å². The van der Waals surface area contributed by atoms with Gasteiger partial charge in [0.25, 0.3) is 0 Å². The molecule has 1 heterocycles. The monoisotopic (exact) mass is 257 g/mol. The second-order valence-electron chi connectivity index (χ2n) is 5.68. The molecule has 0 amide bonds. The Hall–Kier alpha value is -1.10. The van der Waals surface area contributed by atoms with Gasteiger partial charge in [0, 0.05) is 6.54 Å². The lowest BCUT2D eigenvalue weighted by atomic mass is 9.98. The molecule has 104 valence electrons. The molecule has 0 aliphatic carbocycles. The predicted octanol–water partition coefficient (Wildman–Crippen LogP) is 1.21. The molecule has 5 nitrogen and oxygen atoms in total. The summed E-state index contributed by atoms with van der Waals surface area (Å²) in [6.45, 7) is 7.18. The van der Waals surface area contributed by atoms with Gasteiger partial charge in [-0.15, -0.1) is 0 Å². The van der Waals surface area contributed by atoms with Gasteiger partial charge in [-0.25, -0.2) is 0 Å². The minimum absolute atomic E-state index is 0.119. The number of hydrogen-bond acceptors (Lipinski definition) is 5. The van der Waals surface area contributed by atoms with Crippen molar-refractivity contribution in [2.75, 3.05) is 26.7 Å². The maximum Gasteiger partial charge on any atom is 0.320 e. The standard InChI is InChI=1S/C13H23NO4/c1-13(2,3)18-11(15)9-14-7-5-6-10(8-14)12(16)17-4/h10H,5-9H2,1-4H3. The molecule has 0 N–H and O–H groups in total. The van der Waals surface area contributed by atoms with E-state index in [0.717, 1.165) is 19.4 Å². The van der Waals surface area contributed by atoms with Crippen molar-refractivity contribution >= 4 is 11.9 Å². The number of nitrogens with zero attached hydrogens (tertiary/aromatic N) is 1. The summed E-state index contributed by atoms with van der Waals surface area (Å²) >= 11 is 0. The molecule has 0 aromatic rings. The molecular formula is C13H23NO4. The third kappa shape index (κ3) is 5.04. The number of hydrogen-bond donors (Lipinski definition) is 0. The van der Waals surface area contributed by atoms with Crippen molar-refractivity contribution in [3.05, 3.63) is 0 Å². The van der Waals surface area contributed by atoms with Crippen LogP contribution < -0.4 is 0 Å². The van der Waals surface area contributed by atoms with Crippen LogP contribution in [0.5, 0.6) is 0 Å². The van der Waals surface area contributed by atoms with E-state index in [1.807, 2.05) is 25.7 Å². The number of rotatable bonds is 3. The van der Waals surface area contributed by atoms with Crippen molar-refractivity contribution in [1.29, 1.82) is 0 Å². The Morgan fingerprint density at radius 2 is 2.00 bits per heavy atom. The SMILES string of the molecule is COC(=O)C1CCCN(CC(=O)OC(C)(C)C)C1. The van der Waals surface area contributed by atoms with Crippen LogP contribution in [-0.4, -0.2) is 49.2 Å². The zero-order chi connectivity index (χ0) is 13.8. The number of ether oxygens (including phenoxy) is 2. The zero-order valence-electron chi connectivity index (χ0n) is 11.7. The van der Waals surface area contributed by atoms with E-state index in [0.29, 0.717) is 6.54 Å². The van der Waals surface area contributed by atoms with E-state index in [9.17, 15) is 9.59 Å². The molecule has 1 fully saturated rings. The third-order valence-electron chi connectivity index (χ3n) is 2.81. The van der Waals surface area contributed by atoms with E-state index in [2.05, 4.69) is 0 Å². The minimum Gasteiger partial charge on any atom is -0.469 e. The van der Waals surface area contributed by atoms with Crippen LogP contribution in [0.3, 0.4) is 0 Å². The van der Waals surface area contributed by atoms with Crippen LogP contribution in [0.4, 0.5) is 0 Å². The molecule has 0 spiro atoms. The molecule has 1 unspecified atom stereocenters. The molecule has 1 atom stereocenters. The molecule has 0 aromatic heterocycles. The highest BCUT2D eigenvalue weighted by Gasteiger charge is 2.28. The minimum atomic E-state index is -0.464. The number of carbonyl (C=O) groups is 2. The lowest BCUT2D eigenvalue weighted by Gasteiger charge is -2.31. The molecular weight excluding hydrogens is 234 g/mol. The van der Waals surface area contributed by atoms with Gasteiger partial charge < -0.3 is 9.47 Å². The van der Waals surface area contributed by atoms with Gasteiger partial charge in [0.05, 0.1) is 19.6 Å². The van der Waals surface area contributed by atoms with Gasteiger partial charge in [0.2, 0.25) is 0 Å². The van der Waals surface area contributed by atoms with Crippen LogP contribution in [0.1, 0.15) is 33.6 Å². The topological polar surface area (TPSA) is 55.8 Å². The number of esters is 2. The summed E-state index contributed by atoms with van der Waals surface area (Å²) in [5.41, 5.74) is -0.464. The second-order valence-corrected chi connectivity index (χ2v) is 5.68. The molecule has 1 aliphatic heterocycles. The first-order valence-corrected chi connectivity index (χ1v) is 6.34. The van der Waals surface area contributed by atoms with E-state index >= 15 is 0 Å². The lowest BCUT2D eigenvalue weighted by Crippen LogP contribution is -2.43. The largest absolute Gasteiger partial charge is 0.469 e. The molecule has 5 heteroatoms. The normalized spacial score (nSPS) is 21.4. The van der Waals surface area contributed by atoms with E-state index in [4.69, 9.17) is 9.47 Å². The molecule has 0 saturated carbocycles. The fraction of sp³-hybridized carbons (Fsp3) is 0.846. The summed E-state index contributed by atoms with van der Waals surface area (Å²) < 4.78 is 10.0. The van der Waals surface area contributed by atoms with Crippen LogP contribution in [0.2, 0.25) is 0 Å². The Bertz CT molecular complexity index is 309. The maximum absolute atomic E-state index is 11.7.